The maximum atomic E-state index is 12.5. The second-order valence-corrected chi connectivity index (χ2v) is 16.2. The fourth-order valence-corrected chi connectivity index (χ4v) is 7.09. The van der Waals surface area contributed by atoms with Gasteiger partial charge in [-0.25, -0.2) is 4.57 Å². The predicted molar refractivity (Wildman–Crippen MR) is 216 cm³/mol. The van der Waals surface area contributed by atoms with E-state index in [0.29, 0.717) is 12.8 Å². The highest BCUT2D eigenvalue weighted by Gasteiger charge is 2.25. The molecular formula is C43H83O8P. The number of esters is 2. The molecule has 308 valence electrons. The Balaban J connectivity index is 4.01. The molecule has 52 heavy (non-hydrogen) atoms. The second-order valence-electron chi connectivity index (χ2n) is 14.7. The van der Waals surface area contributed by atoms with Gasteiger partial charge in [0, 0.05) is 12.8 Å². The number of rotatable bonds is 41. The van der Waals surface area contributed by atoms with E-state index in [0.717, 1.165) is 51.4 Å². The van der Waals surface area contributed by atoms with Gasteiger partial charge in [-0.15, -0.1) is 0 Å². The monoisotopic (exact) mass is 759 g/mol. The smallest absolute Gasteiger partial charge is 0.462 e. The van der Waals surface area contributed by atoms with E-state index in [9.17, 15) is 19.0 Å². The Hall–Kier alpha value is -1.21. The number of allylic oxidation sites excluding steroid dienone is 2. The largest absolute Gasteiger partial charge is 0.472 e. The summed E-state index contributed by atoms with van der Waals surface area (Å²) in [6.07, 6.45) is 41.2. The average molecular weight is 759 g/mol. The van der Waals surface area contributed by atoms with Gasteiger partial charge in [0.1, 0.15) is 6.61 Å². The Morgan fingerprint density at radius 2 is 0.865 bits per heavy atom. The minimum absolute atomic E-state index is 0.00198. The molecule has 0 aliphatic rings. The molecule has 0 aliphatic carbocycles. The lowest BCUT2D eigenvalue weighted by atomic mass is 10.0. The zero-order valence-corrected chi connectivity index (χ0v) is 35.1. The van der Waals surface area contributed by atoms with Crippen LogP contribution in [0.1, 0.15) is 226 Å². The van der Waals surface area contributed by atoms with Gasteiger partial charge in [-0.2, -0.15) is 0 Å². The summed E-state index contributed by atoms with van der Waals surface area (Å²) in [5.74, 6) is -0.796. The fraction of sp³-hybridized carbons (Fsp3) is 0.907. The van der Waals surface area contributed by atoms with Crippen LogP contribution in [0.15, 0.2) is 12.2 Å². The van der Waals surface area contributed by atoms with Crippen LogP contribution in [0.5, 0.6) is 0 Å². The Bertz CT molecular complexity index is 864. The van der Waals surface area contributed by atoms with Crippen molar-refractivity contribution in [3.05, 3.63) is 12.2 Å². The minimum Gasteiger partial charge on any atom is -0.462 e. The molecule has 0 saturated heterocycles. The molecule has 2 unspecified atom stereocenters. The first-order chi connectivity index (χ1) is 25.3. The molecule has 0 heterocycles. The number of carbonyl (C=O) groups is 2. The van der Waals surface area contributed by atoms with Crippen molar-refractivity contribution in [2.45, 2.75) is 232 Å². The Morgan fingerprint density at radius 1 is 0.500 bits per heavy atom. The van der Waals surface area contributed by atoms with Crippen LogP contribution in [0.2, 0.25) is 0 Å². The normalized spacial score (nSPS) is 13.4. The summed E-state index contributed by atoms with van der Waals surface area (Å²) in [5.41, 5.74) is 0. The van der Waals surface area contributed by atoms with Crippen LogP contribution in [-0.4, -0.2) is 42.8 Å². The van der Waals surface area contributed by atoms with Gasteiger partial charge in [-0.05, 0) is 45.4 Å². The van der Waals surface area contributed by atoms with Crippen molar-refractivity contribution in [2.75, 3.05) is 19.8 Å². The highest BCUT2D eigenvalue weighted by molar-refractivity contribution is 7.47. The number of phosphoric acid groups is 1. The number of phosphoric ester groups is 1. The zero-order chi connectivity index (χ0) is 38.2. The van der Waals surface area contributed by atoms with Gasteiger partial charge in [0.25, 0.3) is 0 Å². The number of hydrogen-bond donors (Lipinski definition) is 1. The molecule has 0 bridgehead atoms. The molecular weight excluding hydrogens is 675 g/mol. The van der Waals surface area contributed by atoms with Crippen LogP contribution in [0.3, 0.4) is 0 Å². The maximum absolute atomic E-state index is 12.5. The predicted octanol–water partition coefficient (Wildman–Crippen LogP) is 13.7. The first-order valence-corrected chi connectivity index (χ1v) is 23.5. The van der Waals surface area contributed by atoms with E-state index in [1.807, 2.05) is 0 Å². The molecule has 0 aromatic heterocycles. The van der Waals surface area contributed by atoms with E-state index < -0.39 is 26.5 Å². The number of ether oxygens (including phenoxy) is 2. The highest BCUT2D eigenvalue weighted by Crippen LogP contribution is 2.43. The quantitative estimate of drug-likeness (QED) is 0.0284. The van der Waals surface area contributed by atoms with Crippen molar-refractivity contribution in [3.8, 4) is 0 Å². The molecule has 9 heteroatoms. The van der Waals surface area contributed by atoms with Crippen LogP contribution in [0, 0.1) is 0 Å². The summed E-state index contributed by atoms with van der Waals surface area (Å²) in [6, 6.07) is 0. The summed E-state index contributed by atoms with van der Waals surface area (Å²) in [6.45, 7) is 5.48. The van der Waals surface area contributed by atoms with Crippen LogP contribution < -0.4 is 0 Å². The Kier molecular flexibility index (Phi) is 38.6. The maximum Gasteiger partial charge on any atom is 0.472 e. The molecule has 0 saturated carbocycles. The van der Waals surface area contributed by atoms with Crippen LogP contribution >= 0.6 is 7.82 Å². The molecule has 0 aromatic carbocycles. The summed E-state index contributed by atoms with van der Waals surface area (Å²) in [4.78, 5) is 34.7. The summed E-state index contributed by atoms with van der Waals surface area (Å²) < 4.78 is 32.6. The van der Waals surface area contributed by atoms with Crippen molar-refractivity contribution in [1.29, 1.82) is 0 Å². The lowest BCUT2D eigenvalue weighted by molar-refractivity contribution is -0.161. The van der Waals surface area contributed by atoms with Crippen molar-refractivity contribution < 1.29 is 37.6 Å². The highest BCUT2D eigenvalue weighted by atomic mass is 31.2. The van der Waals surface area contributed by atoms with Crippen molar-refractivity contribution in [3.63, 3.8) is 0 Å². The Morgan fingerprint density at radius 3 is 1.29 bits per heavy atom. The van der Waals surface area contributed by atoms with Gasteiger partial charge in [0.2, 0.25) is 0 Å². The van der Waals surface area contributed by atoms with Crippen LogP contribution in [-0.2, 0) is 32.7 Å². The molecule has 0 rings (SSSR count). The first-order valence-electron chi connectivity index (χ1n) is 22.0. The van der Waals surface area contributed by atoms with Gasteiger partial charge in [0.15, 0.2) is 6.10 Å². The topological polar surface area (TPSA) is 108 Å². The van der Waals surface area contributed by atoms with E-state index in [-0.39, 0.29) is 25.6 Å². The van der Waals surface area contributed by atoms with Gasteiger partial charge >= 0.3 is 19.8 Å². The molecule has 0 aliphatic heterocycles. The Labute approximate surface area is 320 Å². The van der Waals surface area contributed by atoms with E-state index in [2.05, 4.69) is 26.0 Å². The van der Waals surface area contributed by atoms with E-state index in [1.165, 1.54) is 135 Å². The molecule has 1 N–H and O–H groups in total. The fourth-order valence-electron chi connectivity index (χ4n) is 6.33. The molecule has 0 fully saturated rings. The summed E-state index contributed by atoms with van der Waals surface area (Å²) in [5, 5.41) is 0. The van der Waals surface area contributed by atoms with Crippen LogP contribution in [0.25, 0.3) is 0 Å². The van der Waals surface area contributed by atoms with E-state index in [1.54, 1.807) is 6.92 Å². The lowest BCUT2D eigenvalue weighted by Gasteiger charge is -2.19. The van der Waals surface area contributed by atoms with Crippen molar-refractivity contribution >= 4 is 19.8 Å². The molecule has 0 aromatic rings. The number of carbonyl (C=O) groups excluding carboxylic acids is 2. The molecule has 8 nitrogen and oxygen atoms in total. The minimum atomic E-state index is -4.27. The number of hydrogen-bond acceptors (Lipinski definition) is 7. The molecule has 0 spiro atoms. The average Bonchev–Trinajstić information content (AvgIpc) is 3.12. The molecule has 2 atom stereocenters. The third kappa shape index (κ3) is 38.5. The third-order valence-corrected chi connectivity index (χ3v) is 10.6. The van der Waals surface area contributed by atoms with E-state index >= 15 is 0 Å². The second kappa shape index (κ2) is 39.5. The molecule has 0 radical (unpaired) electrons. The SMILES string of the molecule is CCCCCC/C=C\CCCCCCCC(=O)OC(COC(=O)CCCCCCCCCCCCCCCCCCCCC)COP(=O)(O)OCC. The van der Waals surface area contributed by atoms with Gasteiger partial charge in [0.05, 0.1) is 13.2 Å². The first kappa shape index (κ1) is 50.8. The van der Waals surface area contributed by atoms with Crippen molar-refractivity contribution in [1.82, 2.24) is 0 Å². The van der Waals surface area contributed by atoms with E-state index in [4.69, 9.17) is 18.5 Å². The van der Waals surface area contributed by atoms with Gasteiger partial charge < -0.3 is 14.4 Å². The lowest BCUT2D eigenvalue weighted by Crippen LogP contribution is -2.29. The summed E-state index contributed by atoms with van der Waals surface area (Å²) in [7, 11) is -4.27. The van der Waals surface area contributed by atoms with Gasteiger partial charge in [-0.3, -0.25) is 18.6 Å². The number of unbranched alkanes of at least 4 members (excludes halogenated alkanes) is 27. The van der Waals surface area contributed by atoms with Gasteiger partial charge in [-0.1, -0.05) is 180 Å². The third-order valence-electron chi connectivity index (χ3n) is 9.57. The zero-order valence-electron chi connectivity index (χ0n) is 34.2. The summed E-state index contributed by atoms with van der Waals surface area (Å²) >= 11 is 0. The van der Waals surface area contributed by atoms with Crippen molar-refractivity contribution in [2.24, 2.45) is 0 Å². The molecule has 0 amide bonds. The van der Waals surface area contributed by atoms with Crippen LogP contribution in [0.4, 0.5) is 0 Å². The standard InChI is InChI=1S/C43H83O8P/c1-4-7-9-11-13-15-17-19-20-21-22-23-24-26-27-29-31-33-35-37-42(44)48-39-41(40-50-52(46,47)49-6-3)51-43(45)38-36-34-32-30-28-25-18-16-14-12-10-8-5-2/h16,18,41H,4-15,17,19-40H2,1-3H3,(H,46,47)/b18-16-.